The maximum atomic E-state index is 12.9. The monoisotopic (exact) mass is 453 g/mol. The van der Waals surface area contributed by atoms with Crippen LogP contribution in [0.15, 0.2) is 79.0 Å². The quantitative estimate of drug-likeness (QED) is 0.409. The van der Waals surface area contributed by atoms with Gasteiger partial charge >= 0.3 is 0 Å². The number of para-hydroxylation sites is 1. The average molecular weight is 454 g/mol. The lowest BCUT2D eigenvalue weighted by Gasteiger charge is -2.33. The first kappa shape index (κ1) is 21.8. The molecular weight excluding hydrogens is 426 g/mol. The van der Waals surface area contributed by atoms with E-state index in [1.54, 1.807) is 11.8 Å². The second-order valence-electron chi connectivity index (χ2n) is 8.61. The molecule has 1 unspecified atom stereocenters. The number of fused-ring (bicyclic) bond motifs is 2. The minimum atomic E-state index is -0.536. The van der Waals surface area contributed by atoms with Crippen LogP contribution in [0.4, 0.5) is 11.4 Å². The minimum Gasteiger partial charge on any atom is -0.479 e. The molecule has 0 fully saturated rings. The Balaban J connectivity index is 1.30. The molecule has 6 nitrogen and oxygen atoms in total. The van der Waals surface area contributed by atoms with Gasteiger partial charge in [-0.1, -0.05) is 48.5 Å². The van der Waals surface area contributed by atoms with E-state index in [9.17, 15) is 9.59 Å². The van der Waals surface area contributed by atoms with Gasteiger partial charge in [0.2, 0.25) is 5.91 Å². The fourth-order valence-electron chi connectivity index (χ4n) is 4.46. The lowest BCUT2D eigenvalue weighted by atomic mass is 10.1. The number of carbonyl (C=O) groups is 2. The van der Waals surface area contributed by atoms with Crippen LogP contribution in [0, 0.1) is 0 Å². The molecule has 2 amide bonds. The first-order valence-corrected chi connectivity index (χ1v) is 11.6. The Labute approximate surface area is 198 Å². The number of ether oxygens (including phenoxy) is 1. The number of carbonyl (C=O) groups excluding carboxylic acids is 2. The standard InChI is InChI=1S/C28H27N3O3/c1-19-28(33)31(15-7-10-20-8-3-2-4-9-20)25-17-22(13-14-26(25)34-19)30-27(32)16-21-18-29-24-12-6-5-11-23(21)24/h2-6,8-9,11-14,17-19,29H,7,10,15-16H2,1H3,(H,30,32). The summed E-state index contributed by atoms with van der Waals surface area (Å²) in [7, 11) is 0. The molecule has 0 saturated heterocycles. The topological polar surface area (TPSA) is 74.4 Å². The predicted octanol–water partition coefficient (Wildman–Crippen LogP) is 5.10. The normalized spacial score (nSPS) is 15.1. The van der Waals surface area contributed by atoms with E-state index < -0.39 is 6.10 Å². The van der Waals surface area contributed by atoms with Crippen molar-refractivity contribution in [2.24, 2.45) is 0 Å². The Kier molecular flexibility index (Phi) is 6.04. The molecule has 0 aliphatic carbocycles. The first-order valence-electron chi connectivity index (χ1n) is 11.6. The third kappa shape index (κ3) is 4.53. The molecule has 6 heteroatoms. The molecule has 0 bridgehead atoms. The maximum absolute atomic E-state index is 12.9. The first-order chi connectivity index (χ1) is 16.6. The summed E-state index contributed by atoms with van der Waals surface area (Å²) in [6.45, 7) is 2.35. The highest BCUT2D eigenvalue weighted by Crippen LogP contribution is 2.36. The van der Waals surface area contributed by atoms with Gasteiger partial charge in [0.1, 0.15) is 5.75 Å². The van der Waals surface area contributed by atoms with Crippen LogP contribution in [0.5, 0.6) is 5.75 Å². The van der Waals surface area contributed by atoms with E-state index in [1.165, 1.54) is 5.56 Å². The van der Waals surface area contributed by atoms with E-state index in [1.807, 2.05) is 66.9 Å². The summed E-state index contributed by atoms with van der Waals surface area (Å²) in [5, 5.41) is 4.02. The van der Waals surface area contributed by atoms with E-state index in [2.05, 4.69) is 22.4 Å². The summed E-state index contributed by atoms with van der Waals surface area (Å²) in [5.74, 6) is 0.473. The number of aromatic nitrogens is 1. The Morgan fingerprint density at radius 2 is 1.85 bits per heavy atom. The number of benzene rings is 3. The van der Waals surface area contributed by atoms with Gasteiger partial charge in [-0.15, -0.1) is 0 Å². The summed E-state index contributed by atoms with van der Waals surface area (Å²) in [4.78, 5) is 30.7. The van der Waals surface area contributed by atoms with E-state index in [-0.39, 0.29) is 18.2 Å². The highest BCUT2D eigenvalue weighted by molar-refractivity contribution is 6.01. The van der Waals surface area contributed by atoms with Crippen molar-refractivity contribution in [3.63, 3.8) is 0 Å². The molecule has 2 N–H and O–H groups in total. The zero-order valence-corrected chi connectivity index (χ0v) is 19.1. The molecule has 0 radical (unpaired) electrons. The molecule has 1 atom stereocenters. The number of anilines is 2. The molecule has 1 aromatic heterocycles. The van der Waals surface area contributed by atoms with Crippen LogP contribution in [0.2, 0.25) is 0 Å². The van der Waals surface area contributed by atoms with Crippen LogP contribution in [0.1, 0.15) is 24.5 Å². The van der Waals surface area contributed by atoms with Gasteiger partial charge in [0.15, 0.2) is 6.10 Å². The zero-order valence-electron chi connectivity index (χ0n) is 19.1. The van der Waals surface area contributed by atoms with Crippen LogP contribution in [-0.4, -0.2) is 29.4 Å². The van der Waals surface area contributed by atoms with Gasteiger partial charge in [0.05, 0.1) is 12.1 Å². The Bertz CT molecular complexity index is 1330. The number of H-pyrrole nitrogens is 1. The molecule has 2 heterocycles. The molecule has 172 valence electrons. The second kappa shape index (κ2) is 9.43. The van der Waals surface area contributed by atoms with Gasteiger partial charge in [0, 0.05) is 29.3 Å². The minimum absolute atomic E-state index is 0.0668. The highest BCUT2D eigenvalue weighted by atomic mass is 16.5. The molecule has 5 rings (SSSR count). The van der Waals surface area contributed by atoms with E-state index in [0.717, 1.165) is 29.3 Å². The molecule has 3 aromatic carbocycles. The van der Waals surface area contributed by atoms with Crippen molar-refractivity contribution in [2.45, 2.75) is 32.3 Å². The van der Waals surface area contributed by atoms with Gasteiger partial charge in [0.25, 0.3) is 5.91 Å². The Hall–Kier alpha value is -4.06. The van der Waals surface area contributed by atoms with Crippen molar-refractivity contribution >= 4 is 34.1 Å². The smallest absolute Gasteiger partial charge is 0.267 e. The Morgan fingerprint density at radius 1 is 1.06 bits per heavy atom. The fraction of sp³-hybridized carbons (Fsp3) is 0.214. The number of nitrogens with one attached hydrogen (secondary N) is 2. The summed E-state index contributed by atoms with van der Waals surface area (Å²) in [6.07, 6.45) is 3.31. The van der Waals surface area contributed by atoms with Gasteiger partial charge < -0.3 is 19.9 Å². The van der Waals surface area contributed by atoms with E-state index in [4.69, 9.17) is 4.74 Å². The summed E-state index contributed by atoms with van der Waals surface area (Å²) in [6, 6.07) is 23.6. The number of hydrogen-bond acceptors (Lipinski definition) is 3. The van der Waals surface area contributed by atoms with Gasteiger partial charge in [-0.25, -0.2) is 0 Å². The molecule has 0 spiro atoms. The third-order valence-corrected chi connectivity index (χ3v) is 6.17. The van der Waals surface area contributed by atoms with Gasteiger partial charge in [-0.05, 0) is 55.2 Å². The number of amides is 2. The Morgan fingerprint density at radius 3 is 2.71 bits per heavy atom. The van der Waals surface area contributed by atoms with Crippen molar-refractivity contribution in [1.82, 2.24) is 4.98 Å². The zero-order chi connectivity index (χ0) is 23.5. The fourth-order valence-corrected chi connectivity index (χ4v) is 4.46. The number of aromatic amines is 1. The summed E-state index contributed by atoms with van der Waals surface area (Å²) in [5.41, 5.74) is 4.54. The lowest BCUT2D eigenvalue weighted by Crippen LogP contribution is -2.45. The van der Waals surface area contributed by atoms with E-state index >= 15 is 0 Å². The predicted molar refractivity (Wildman–Crippen MR) is 134 cm³/mol. The molecular formula is C28H27N3O3. The van der Waals surface area contributed by atoms with Crippen LogP contribution in [-0.2, 0) is 22.4 Å². The average Bonchev–Trinajstić information content (AvgIpc) is 3.25. The molecule has 1 aliphatic heterocycles. The van der Waals surface area contributed by atoms with Crippen LogP contribution in [0.3, 0.4) is 0 Å². The molecule has 0 saturated carbocycles. The highest BCUT2D eigenvalue weighted by Gasteiger charge is 2.31. The number of aryl methyl sites for hydroxylation is 1. The lowest BCUT2D eigenvalue weighted by molar-refractivity contribution is -0.125. The third-order valence-electron chi connectivity index (χ3n) is 6.17. The van der Waals surface area contributed by atoms with Crippen LogP contribution < -0.4 is 15.0 Å². The summed E-state index contributed by atoms with van der Waals surface area (Å²) >= 11 is 0. The summed E-state index contributed by atoms with van der Waals surface area (Å²) < 4.78 is 5.82. The van der Waals surface area contributed by atoms with E-state index in [0.29, 0.717) is 23.7 Å². The molecule has 4 aromatic rings. The van der Waals surface area contributed by atoms with Gasteiger partial charge in [-0.2, -0.15) is 0 Å². The number of nitrogens with zero attached hydrogens (tertiary/aromatic N) is 1. The van der Waals surface area contributed by atoms with Crippen molar-refractivity contribution in [3.8, 4) is 5.75 Å². The van der Waals surface area contributed by atoms with Crippen molar-refractivity contribution in [3.05, 3.63) is 90.1 Å². The van der Waals surface area contributed by atoms with Gasteiger partial charge in [-0.3, -0.25) is 9.59 Å². The largest absolute Gasteiger partial charge is 0.479 e. The number of hydrogen-bond donors (Lipinski definition) is 2. The second-order valence-corrected chi connectivity index (χ2v) is 8.61. The SMILES string of the molecule is CC1Oc2ccc(NC(=O)Cc3c[nH]c4ccccc34)cc2N(CCCc2ccccc2)C1=O. The number of rotatable bonds is 7. The van der Waals surface area contributed by atoms with Crippen molar-refractivity contribution in [2.75, 3.05) is 16.8 Å². The molecule has 1 aliphatic rings. The maximum Gasteiger partial charge on any atom is 0.267 e. The van der Waals surface area contributed by atoms with Crippen molar-refractivity contribution < 1.29 is 14.3 Å². The van der Waals surface area contributed by atoms with Crippen molar-refractivity contribution in [1.29, 1.82) is 0 Å². The molecule has 34 heavy (non-hydrogen) atoms. The van der Waals surface area contributed by atoms with Crippen LogP contribution >= 0.6 is 0 Å². The van der Waals surface area contributed by atoms with Crippen LogP contribution in [0.25, 0.3) is 10.9 Å².